The highest BCUT2D eigenvalue weighted by molar-refractivity contribution is 5.94. The lowest BCUT2D eigenvalue weighted by atomic mass is 10.1. The van der Waals surface area contributed by atoms with Gasteiger partial charge in [0, 0.05) is 30.4 Å². The van der Waals surface area contributed by atoms with Crippen molar-refractivity contribution in [2.45, 2.75) is 44.4 Å². The highest BCUT2D eigenvalue weighted by Gasteiger charge is 2.44. The first-order valence-corrected chi connectivity index (χ1v) is 13.0. The Labute approximate surface area is 237 Å². The zero-order valence-corrected chi connectivity index (χ0v) is 22.3. The molecule has 1 aliphatic heterocycles. The number of rotatable bonds is 9. The Bertz CT molecular complexity index is 1790. The molecule has 0 unspecified atom stereocenters. The van der Waals surface area contributed by atoms with Gasteiger partial charge in [-0.3, -0.25) is 18.7 Å². The Morgan fingerprint density at radius 2 is 1.98 bits per heavy atom. The molecule has 15 nitrogen and oxygen atoms in total. The summed E-state index contributed by atoms with van der Waals surface area (Å²) in [5, 5.41) is 49.9. The van der Waals surface area contributed by atoms with Crippen LogP contribution in [-0.4, -0.2) is 77.0 Å². The van der Waals surface area contributed by atoms with Crippen molar-refractivity contribution in [3.05, 3.63) is 86.2 Å². The van der Waals surface area contributed by atoms with E-state index in [4.69, 9.17) is 9.57 Å². The molecule has 4 aromatic rings. The molecule has 0 saturated carbocycles. The predicted molar refractivity (Wildman–Crippen MR) is 144 cm³/mol. The fourth-order valence-electron chi connectivity index (χ4n) is 4.63. The van der Waals surface area contributed by atoms with Gasteiger partial charge in [0.05, 0.1) is 12.2 Å². The molecule has 1 aliphatic rings. The monoisotopic (exact) mass is 577 g/mol. The van der Waals surface area contributed by atoms with Crippen molar-refractivity contribution < 1.29 is 29.7 Å². The molecular weight excluding hydrogens is 550 g/mol. The van der Waals surface area contributed by atoms with E-state index in [1.807, 2.05) is 6.07 Å². The fourth-order valence-corrected chi connectivity index (χ4v) is 4.63. The van der Waals surface area contributed by atoms with Crippen LogP contribution in [-0.2, 0) is 11.3 Å². The maximum absolute atomic E-state index is 13.1. The van der Waals surface area contributed by atoms with E-state index in [9.17, 15) is 35.0 Å². The molecule has 2 aromatic heterocycles. The predicted octanol–water partition coefficient (Wildman–Crippen LogP) is -0.791. The van der Waals surface area contributed by atoms with Crippen molar-refractivity contribution in [1.29, 1.82) is 5.26 Å². The third kappa shape index (κ3) is 5.39. The van der Waals surface area contributed by atoms with E-state index in [1.54, 1.807) is 24.3 Å². The summed E-state index contributed by atoms with van der Waals surface area (Å²) in [6.07, 6.45) is -3.85. The number of carbonyl (C=O) groups excluding carboxylic acids is 1. The molecule has 0 bridgehead atoms. The first kappa shape index (κ1) is 28.6. The molecule has 2 aromatic carbocycles. The minimum absolute atomic E-state index is 0.0590. The molecule has 0 radical (unpaired) electrons. The molecule has 42 heavy (non-hydrogen) atoms. The lowest BCUT2D eigenvalue weighted by molar-refractivity contribution is -0.0557. The van der Waals surface area contributed by atoms with Gasteiger partial charge in [-0.25, -0.2) is 4.79 Å². The summed E-state index contributed by atoms with van der Waals surface area (Å²) in [6.45, 7) is 0.962. The van der Waals surface area contributed by atoms with Gasteiger partial charge in [-0.15, -0.1) is 5.10 Å². The number of aliphatic hydroxyl groups excluding tert-OH is 3. The number of para-hydroxylation sites is 1. The third-order valence-electron chi connectivity index (χ3n) is 6.87. The van der Waals surface area contributed by atoms with Gasteiger partial charge in [-0.1, -0.05) is 17.0 Å². The number of aliphatic hydroxyl groups is 3. The molecule has 3 heterocycles. The third-order valence-corrected chi connectivity index (χ3v) is 6.87. The Balaban J connectivity index is 1.23. The van der Waals surface area contributed by atoms with E-state index >= 15 is 0 Å². The van der Waals surface area contributed by atoms with E-state index in [1.165, 1.54) is 36.2 Å². The second-order valence-corrected chi connectivity index (χ2v) is 9.66. The van der Waals surface area contributed by atoms with Crippen molar-refractivity contribution in [2.75, 3.05) is 13.2 Å². The number of fused-ring (bicyclic) bond motifs is 1. The number of amides is 1. The van der Waals surface area contributed by atoms with Crippen LogP contribution in [0.15, 0.2) is 58.3 Å². The largest absolute Gasteiger partial charge is 0.394 e. The molecule has 1 fully saturated rings. The summed E-state index contributed by atoms with van der Waals surface area (Å²) >= 11 is 0. The molecule has 0 spiro atoms. The number of nitriles is 1. The van der Waals surface area contributed by atoms with Crippen LogP contribution in [0.25, 0.3) is 11.0 Å². The zero-order valence-electron chi connectivity index (χ0n) is 22.3. The maximum atomic E-state index is 13.1. The number of carbonyl (C=O) groups is 1. The standard InChI is InChI=1S/C27H27N7O8/c1-15-13-33(26-23(37)22(36)21(14-35)41-26)27(40)32(25(15)39)10-4-9-29-24(38)16-7-8-20(17(11-16)12-28)42-34-19-6-3-2-5-18(19)30-31-34/h2-3,5-8,11,13,21-23,26,35-37H,4,9-10,14H2,1H3,(H,29,38)/t21-,22-,23-,26-/m1/s1. The quantitative estimate of drug-likeness (QED) is 0.181. The SMILES string of the molecule is Cc1cn([C@@H]2O[C@H](CO)[C@@H](O)[C@H]2O)c(=O)n(CCCNC(=O)c2ccc(On3nnc4ccccc43)c(C#N)c2)c1=O. The average molecular weight is 578 g/mol. The minimum atomic E-state index is -1.49. The first-order valence-electron chi connectivity index (χ1n) is 13.0. The van der Waals surface area contributed by atoms with Crippen LogP contribution in [0.1, 0.15) is 34.1 Å². The van der Waals surface area contributed by atoms with Gasteiger partial charge in [-0.2, -0.15) is 5.26 Å². The number of nitrogens with one attached hydrogen (secondary N) is 1. The van der Waals surface area contributed by atoms with Crippen LogP contribution in [0.3, 0.4) is 0 Å². The molecule has 0 aliphatic carbocycles. The Morgan fingerprint density at radius 3 is 2.71 bits per heavy atom. The van der Waals surface area contributed by atoms with Crippen LogP contribution >= 0.6 is 0 Å². The maximum Gasteiger partial charge on any atom is 0.333 e. The molecule has 1 amide bonds. The molecular formula is C27H27N7O8. The Kier molecular flexibility index (Phi) is 8.13. The fraction of sp³-hybridized carbons (Fsp3) is 0.333. The molecule has 5 rings (SSSR count). The van der Waals surface area contributed by atoms with Crippen LogP contribution in [0.5, 0.6) is 5.75 Å². The summed E-state index contributed by atoms with van der Waals surface area (Å²) < 4.78 is 7.39. The van der Waals surface area contributed by atoms with Crippen LogP contribution in [0.2, 0.25) is 0 Å². The van der Waals surface area contributed by atoms with E-state index in [2.05, 4.69) is 15.6 Å². The normalized spacial score (nSPS) is 20.0. The number of hydrogen-bond donors (Lipinski definition) is 4. The van der Waals surface area contributed by atoms with Crippen molar-refractivity contribution in [2.24, 2.45) is 0 Å². The van der Waals surface area contributed by atoms with Crippen LogP contribution in [0, 0.1) is 18.3 Å². The zero-order chi connectivity index (χ0) is 30.0. The molecule has 4 N–H and O–H groups in total. The second kappa shape index (κ2) is 11.9. The van der Waals surface area contributed by atoms with E-state index < -0.39 is 48.3 Å². The van der Waals surface area contributed by atoms with Gasteiger partial charge >= 0.3 is 5.69 Å². The molecule has 4 atom stereocenters. The summed E-state index contributed by atoms with van der Waals surface area (Å²) in [5.41, 5.74) is 0.367. The van der Waals surface area contributed by atoms with Gasteiger partial charge in [0.1, 0.15) is 35.4 Å². The number of hydrogen-bond acceptors (Lipinski definition) is 11. The van der Waals surface area contributed by atoms with Gasteiger partial charge in [0.25, 0.3) is 11.5 Å². The minimum Gasteiger partial charge on any atom is -0.394 e. The van der Waals surface area contributed by atoms with Crippen molar-refractivity contribution in [3.8, 4) is 11.8 Å². The first-order chi connectivity index (χ1) is 20.2. The van der Waals surface area contributed by atoms with Crippen molar-refractivity contribution in [1.82, 2.24) is 29.6 Å². The van der Waals surface area contributed by atoms with E-state index in [-0.39, 0.29) is 42.0 Å². The number of nitrogens with zero attached hydrogens (tertiary/aromatic N) is 6. The highest BCUT2D eigenvalue weighted by atomic mass is 16.7. The van der Waals surface area contributed by atoms with Gasteiger partial charge in [0.2, 0.25) is 0 Å². The summed E-state index contributed by atoms with van der Waals surface area (Å²) in [4.78, 5) is 45.4. The van der Waals surface area contributed by atoms with Gasteiger partial charge in [0.15, 0.2) is 12.0 Å². The van der Waals surface area contributed by atoms with Gasteiger partial charge in [-0.05, 0) is 48.9 Å². The van der Waals surface area contributed by atoms with Crippen LogP contribution < -0.4 is 21.4 Å². The molecule has 1 saturated heterocycles. The highest BCUT2D eigenvalue weighted by Crippen LogP contribution is 2.28. The molecule has 218 valence electrons. The van der Waals surface area contributed by atoms with E-state index in [0.29, 0.717) is 11.0 Å². The van der Waals surface area contributed by atoms with Crippen molar-refractivity contribution in [3.63, 3.8) is 0 Å². The number of ether oxygens (including phenoxy) is 1. The van der Waals surface area contributed by atoms with Crippen LogP contribution in [0.4, 0.5) is 0 Å². The van der Waals surface area contributed by atoms with Gasteiger partial charge < -0.3 is 30.2 Å². The topological polar surface area (TPSA) is 207 Å². The summed E-state index contributed by atoms with van der Waals surface area (Å²) in [7, 11) is 0. The molecule has 15 heteroatoms. The summed E-state index contributed by atoms with van der Waals surface area (Å²) in [5.74, 6) is -0.307. The number of benzene rings is 2. The van der Waals surface area contributed by atoms with E-state index in [0.717, 1.165) is 9.13 Å². The average Bonchev–Trinajstić information content (AvgIpc) is 3.54. The smallest absolute Gasteiger partial charge is 0.333 e. The Hall–Kier alpha value is -4.88. The number of aryl methyl sites for hydroxylation is 1. The second-order valence-electron chi connectivity index (χ2n) is 9.66. The number of aromatic nitrogens is 5. The lowest BCUT2D eigenvalue weighted by Crippen LogP contribution is -2.44. The Morgan fingerprint density at radius 1 is 1.19 bits per heavy atom. The summed E-state index contributed by atoms with van der Waals surface area (Å²) in [6, 6.07) is 13.4. The lowest BCUT2D eigenvalue weighted by Gasteiger charge is -2.19. The van der Waals surface area contributed by atoms with Crippen molar-refractivity contribution >= 4 is 16.9 Å².